The highest BCUT2D eigenvalue weighted by atomic mass is 16.6. The van der Waals surface area contributed by atoms with E-state index in [1.54, 1.807) is 0 Å². The van der Waals surface area contributed by atoms with Gasteiger partial charge in [0.05, 0.1) is 33.5 Å². The molecule has 2 aromatic carbocycles. The Bertz CT molecular complexity index is 1080. The van der Waals surface area contributed by atoms with Gasteiger partial charge >= 0.3 is 11.9 Å². The second-order valence-electron chi connectivity index (χ2n) is 7.37. The van der Waals surface area contributed by atoms with Crippen molar-refractivity contribution in [3.8, 4) is 0 Å². The number of benzene rings is 2. The average Bonchev–Trinajstić information content (AvgIpc) is 2.73. The number of nitrogens with one attached hydrogen (secondary N) is 2. The maximum Gasteiger partial charge on any atom is 0.308 e. The lowest BCUT2D eigenvalue weighted by molar-refractivity contribution is -0.385. The molecule has 0 saturated heterocycles. The minimum atomic E-state index is -1.67. The number of nitrogens with zero attached hydrogens (tertiary/aromatic N) is 2. The van der Waals surface area contributed by atoms with Gasteiger partial charge in [-0.3, -0.25) is 39.4 Å². The van der Waals surface area contributed by atoms with E-state index >= 15 is 0 Å². The molecule has 0 bridgehead atoms. The Kier molecular flexibility index (Phi) is 6.51. The number of carboxylic acids is 2. The van der Waals surface area contributed by atoms with Gasteiger partial charge in [0, 0.05) is 35.6 Å². The number of rotatable bonds is 8. The van der Waals surface area contributed by atoms with Gasteiger partial charge < -0.3 is 20.8 Å². The molecule has 0 radical (unpaired) electrons. The summed E-state index contributed by atoms with van der Waals surface area (Å²) < 4.78 is 0. The van der Waals surface area contributed by atoms with Crippen LogP contribution in [0.25, 0.3) is 0 Å². The first-order valence-corrected chi connectivity index (χ1v) is 9.57. The summed E-state index contributed by atoms with van der Waals surface area (Å²) in [5.41, 5.74) is -0.363. The van der Waals surface area contributed by atoms with Crippen LogP contribution in [0.15, 0.2) is 48.5 Å². The molecule has 0 spiro atoms. The molecule has 2 amide bonds. The van der Waals surface area contributed by atoms with Crippen molar-refractivity contribution >= 4 is 46.5 Å². The number of carbonyl (C=O) groups excluding carboxylic acids is 2. The Morgan fingerprint density at radius 3 is 1.15 bits per heavy atom. The maximum absolute atomic E-state index is 12.7. The quantitative estimate of drug-likeness (QED) is 0.322. The van der Waals surface area contributed by atoms with Gasteiger partial charge in [0.25, 0.3) is 11.4 Å². The molecule has 3 rings (SSSR count). The van der Waals surface area contributed by atoms with Crippen LogP contribution in [0.4, 0.5) is 22.7 Å². The summed E-state index contributed by atoms with van der Waals surface area (Å²) in [5, 5.41) is 45.3. The SMILES string of the molecule is O=C(O)C1C(C(=O)Nc2ccc([N+](=O)[O-])cc2)C(C(=O)O)C1C(=O)Nc1ccc([N+](=O)[O-])cc1. The fourth-order valence-electron chi connectivity index (χ4n) is 3.80. The lowest BCUT2D eigenvalue weighted by atomic mass is 9.55. The Morgan fingerprint density at radius 2 is 0.912 bits per heavy atom. The van der Waals surface area contributed by atoms with E-state index in [4.69, 9.17) is 0 Å². The van der Waals surface area contributed by atoms with Gasteiger partial charge in [-0.2, -0.15) is 0 Å². The third-order valence-electron chi connectivity index (χ3n) is 5.41. The number of hydrogen-bond acceptors (Lipinski definition) is 8. The lowest BCUT2D eigenvalue weighted by Gasteiger charge is -2.45. The highest BCUT2D eigenvalue weighted by molar-refractivity contribution is 6.06. The number of hydrogen-bond donors (Lipinski definition) is 4. The number of amides is 2. The van der Waals surface area contributed by atoms with Crippen LogP contribution in [0.3, 0.4) is 0 Å². The predicted octanol–water partition coefficient (Wildman–Crippen LogP) is 1.73. The molecule has 1 saturated carbocycles. The maximum atomic E-state index is 12.7. The molecule has 14 nitrogen and oxygen atoms in total. The number of carboxylic acid groups (broad SMARTS) is 2. The molecular weight excluding hydrogens is 456 g/mol. The zero-order valence-electron chi connectivity index (χ0n) is 17.0. The zero-order chi connectivity index (χ0) is 25.2. The summed E-state index contributed by atoms with van der Waals surface area (Å²) in [4.78, 5) is 69.2. The fraction of sp³-hybridized carbons (Fsp3) is 0.200. The van der Waals surface area contributed by atoms with E-state index in [9.17, 15) is 49.6 Å². The molecule has 0 aliphatic heterocycles. The summed E-state index contributed by atoms with van der Waals surface area (Å²) >= 11 is 0. The number of non-ortho nitro benzene ring substituents is 2. The molecule has 176 valence electrons. The molecule has 0 unspecified atom stereocenters. The van der Waals surface area contributed by atoms with Gasteiger partial charge in [-0.15, -0.1) is 0 Å². The second kappa shape index (κ2) is 9.32. The van der Waals surface area contributed by atoms with E-state index in [0.29, 0.717) is 0 Å². The number of aliphatic carboxylic acids is 2. The van der Waals surface area contributed by atoms with Crippen molar-refractivity contribution < 1.29 is 39.2 Å². The van der Waals surface area contributed by atoms with Gasteiger partial charge in [0.15, 0.2) is 0 Å². The summed E-state index contributed by atoms with van der Waals surface area (Å²) in [6.07, 6.45) is 0. The van der Waals surface area contributed by atoms with E-state index in [-0.39, 0.29) is 22.7 Å². The summed E-state index contributed by atoms with van der Waals surface area (Å²) in [7, 11) is 0. The molecule has 34 heavy (non-hydrogen) atoms. The largest absolute Gasteiger partial charge is 0.481 e. The van der Waals surface area contributed by atoms with Crippen LogP contribution >= 0.6 is 0 Å². The van der Waals surface area contributed by atoms with Crippen molar-refractivity contribution in [1.82, 2.24) is 0 Å². The van der Waals surface area contributed by atoms with Gasteiger partial charge in [-0.1, -0.05) is 0 Å². The van der Waals surface area contributed by atoms with Crippen LogP contribution in [0.5, 0.6) is 0 Å². The first kappa shape index (κ1) is 23.8. The predicted molar refractivity (Wildman–Crippen MR) is 113 cm³/mol. The van der Waals surface area contributed by atoms with Crippen LogP contribution < -0.4 is 10.6 Å². The zero-order valence-corrected chi connectivity index (χ0v) is 17.0. The van der Waals surface area contributed by atoms with Crippen molar-refractivity contribution in [2.75, 3.05) is 10.6 Å². The van der Waals surface area contributed by atoms with Crippen LogP contribution in [-0.2, 0) is 19.2 Å². The first-order valence-electron chi connectivity index (χ1n) is 9.57. The Labute approximate surface area is 189 Å². The van der Waals surface area contributed by atoms with Crippen LogP contribution in [-0.4, -0.2) is 43.8 Å². The van der Waals surface area contributed by atoms with Crippen molar-refractivity contribution in [2.45, 2.75) is 0 Å². The van der Waals surface area contributed by atoms with E-state index < -0.39 is 57.3 Å². The lowest BCUT2D eigenvalue weighted by Crippen LogP contribution is -2.61. The summed E-state index contributed by atoms with van der Waals surface area (Å²) in [6.45, 7) is 0. The van der Waals surface area contributed by atoms with Gasteiger partial charge in [-0.05, 0) is 24.3 Å². The average molecular weight is 472 g/mol. The number of nitro groups is 2. The molecule has 1 fully saturated rings. The number of carbonyl (C=O) groups is 4. The topological polar surface area (TPSA) is 219 Å². The first-order chi connectivity index (χ1) is 16.0. The minimum Gasteiger partial charge on any atom is -0.481 e. The Balaban J connectivity index is 1.79. The van der Waals surface area contributed by atoms with Gasteiger partial charge in [-0.25, -0.2) is 0 Å². The van der Waals surface area contributed by atoms with E-state index in [1.165, 1.54) is 24.3 Å². The molecule has 4 N–H and O–H groups in total. The number of anilines is 2. The third kappa shape index (κ3) is 4.64. The molecule has 14 heteroatoms. The molecular formula is C20H16N4O10. The smallest absolute Gasteiger partial charge is 0.308 e. The van der Waals surface area contributed by atoms with Crippen molar-refractivity contribution in [3.05, 3.63) is 68.8 Å². The molecule has 2 aromatic rings. The monoisotopic (exact) mass is 472 g/mol. The summed E-state index contributed by atoms with van der Waals surface area (Å²) in [5.74, 6) is -11.6. The molecule has 0 heterocycles. The van der Waals surface area contributed by atoms with E-state index in [0.717, 1.165) is 24.3 Å². The van der Waals surface area contributed by atoms with Gasteiger partial charge in [0.1, 0.15) is 0 Å². The van der Waals surface area contributed by atoms with Gasteiger partial charge in [0.2, 0.25) is 11.8 Å². The highest BCUT2D eigenvalue weighted by Gasteiger charge is 2.63. The van der Waals surface area contributed by atoms with Crippen LogP contribution in [0.2, 0.25) is 0 Å². The van der Waals surface area contributed by atoms with Crippen LogP contribution in [0, 0.1) is 43.9 Å². The third-order valence-corrected chi connectivity index (χ3v) is 5.41. The number of nitro benzene ring substituents is 2. The summed E-state index contributed by atoms with van der Waals surface area (Å²) in [6, 6.07) is 9.16. The molecule has 0 aromatic heterocycles. The Hall–Kier alpha value is -4.88. The molecule has 1 aliphatic rings. The van der Waals surface area contributed by atoms with E-state index in [1.807, 2.05) is 0 Å². The molecule has 0 atom stereocenters. The Morgan fingerprint density at radius 1 is 0.618 bits per heavy atom. The standard InChI is InChI=1S/C20H16N4O10/c25-17(21-9-1-5-11(6-2-9)23(31)32)13-15(19(27)28)14(16(13)20(29)30)18(26)22-10-3-7-12(8-4-10)24(33)34/h1-8,13-16H,(H,21,25)(H,22,26)(H,27,28)(H,29,30). The van der Waals surface area contributed by atoms with Crippen molar-refractivity contribution in [1.29, 1.82) is 0 Å². The second-order valence-corrected chi connectivity index (χ2v) is 7.37. The minimum absolute atomic E-state index is 0.0719. The highest BCUT2D eigenvalue weighted by Crippen LogP contribution is 2.48. The normalized spacial score (nSPS) is 20.9. The van der Waals surface area contributed by atoms with Crippen molar-refractivity contribution in [3.63, 3.8) is 0 Å². The van der Waals surface area contributed by atoms with Crippen molar-refractivity contribution in [2.24, 2.45) is 23.7 Å². The fourth-order valence-corrected chi connectivity index (χ4v) is 3.80. The van der Waals surface area contributed by atoms with E-state index in [2.05, 4.69) is 10.6 Å². The molecule has 1 aliphatic carbocycles. The van der Waals surface area contributed by atoms with Crippen LogP contribution in [0.1, 0.15) is 0 Å².